The van der Waals surface area contributed by atoms with Gasteiger partial charge in [-0.25, -0.2) is 4.98 Å². The summed E-state index contributed by atoms with van der Waals surface area (Å²) in [4.78, 5) is 18.6. The van der Waals surface area contributed by atoms with Crippen molar-refractivity contribution in [3.05, 3.63) is 63.9 Å². The number of carbonyl (C=O) groups is 1. The third-order valence-electron chi connectivity index (χ3n) is 3.46. The molecule has 0 N–H and O–H groups in total. The van der Waals surface area contributed by atoms with Crippen molar-refractivity contribution < 1.29 is 4.79 Å². The molecule has 3 nitrogen and oxygen atoms in total. The van der Waals surface area contributed by atoms with E-state index in [4.69, 9.17) is 23.2 Å². The van der Waals surface area contributed by atoms with Gasteiger partial charge in [-0.1, -0.05) is 53.5 Å². The zero-order valence-corrected chi connectivity index (χ0v) is 12.8. The second-order valence-corrected chi connectivity index (χ2v) is 5.91. The van der Waals surface area contributed by atoms with E-state index in [1.54, 1.807) is 12.1 Å². The lowest BCUT2D eigenvalue weighted by Crippen LogP contribution is -2.33. The van der Waals surface area contributed by atoms with Gasteiger partial charge < -0.3 is 4.90 Å². The highest BCUT2D eigenvalue weighted by molar-refractivity contribution is 6.34. The zero-order valence-electron chi connectivity index (χ0n) is 11.3. The summed E-state index contributed by atoms with van der Waals surface area (Å²) in [6, 6.07) is 13.4. The van der Waals surface area contributed by atoms with E-state index in [-0.39, 0.29) is 22.8 Å². The minimum atomic E-state index is -0.158. The first-order valence-corrected chi connectivity index (χ1v) is 7.57. The molecule has 1 aliphatic carbocycles. The Morgan fingerprint density at radius 2 is 1.86 bits per heavy atom. The number of nitrogens with zero attached hydrogens (tertiary/aromatic N) is 2. The lowest BCUT2D eigenvalue weighted by molar-refractivity contribution is 0.0724. The van der Waals surface area contributed by atoms with Gasteiger partial charge in [0.1, 0.15) is 10.8 Å². The molecule has 0 atom stereocenters. The molecule has 2 aromatic rings. The first-order chi connectivity index (χ1) is 10.1. The minimum absolute atomic E-state index is 0.158. The van der Waals surface area contributed by atoms with Crippen LogP contribution in [0, 0.1) is 0 Å². The molecule has 1 heterocycles. The standard InChI is InChI=1S/C16H14Cl2N2O/c17-13-8-9-14(18)19-15(13)16(21)20(12-6-7-12)10-11-4-2-1-3-5-11/h1-5,8-9,12H,6-7,10H2. The van der Waals surface area contributed by atoms with E-state index in [2.05, 4.69) is 4.98 Å². The summed E-state index contributed by atoms with van der Waals surface area (Å²) < 4.78 is 0. The number of halogens is 2. The Balaban J connectivity index is 1.87. The normalized spacial score (nSPS) is 14.0. The van der Waals surface area contributed by atoms with E-state index < -0.39 is 0 Å². The van der Waals surface area contributed by atoms with Crippen LogP contribution < -0.4 is 0 Å². The molecule has 0 aliphatic heterocycles. The summed E-state index contributed by atoms with van der Waals surface area (Å²) in [5, 5.41) is 0.612. The zero-order chi connectivity index (χ0) is 14.8. The molecule has 1 aromatic heterocycles. The van der Waals surface area contributed by atoms with Gasteiger partial charge in [0.15, 0.2) is 0 Å². The van der Waals surface area contributed by atoms with Gasteiger partial charge in [0.2, 0.25) is 0 Å². The van der Waals surface area contributed by atoms with Crippen LogP contribution in [0.25, 0.3) is 0 Å². The SMILES string of the molecule is O=C(c1nc(Cl)ccc1Cl)N(Cc1ccccc1)C1CC1. The molecule has 0 saturated heterocycles. The molecule has 108 valence electrons. The van der Waals surface area contributed by atoms with Crippen LogP contribution in [0.1, 0.15) is 28.9 Å². The van der Waals surface area contributed by atoms with E-state index in [0.29, 0.717) is 11.6 Å². The van der Waals surface area contributed by atoms with Crippen molar-refractivity contribution in [3.63, 3.8) is 0 Å². The van der Waals surface area contributed by atoms with E-state index >= 15 is 0 Å². The molecule has 0 spiro atoms. The predicted octanol–water partition coefficient (Wildman–Crippen LogP) is 4.19. The van der Waals surface area contributed by atoms with Crippen LogP contribution in [0.4, 0.5) is 0 Å². The average Bonchev–Trinajstić information content (AvgIpc) is 3.32. The fourth-order valence-electron chi connectivity index (χ4n) is 2.24. The van der Waals surface area contributed by atoms with Crippen LogP contribution in [0.5, 0.6) is 0 Å². The van der Waals surface area contributed by atoms with Crippen molar-refractivity contribution >= 4 is 29.1 Å². The number of aromatic nitrogens is 1. The van der Waals surface area contributed by atoms with Gasteiger partial charge in [-0.05, 0) is 30.5 Å². The number of carbonyl (C=O) groups excluding carboxylic acids is 1. The van der Waals surface area contributed by atoms with Crippen molar-refractivity contribution in [1.29, 1.82) is 0 Å². The second kappa shape index (κ2) is 6.04. The van der Waals surface area contributed by atoms with Crippen LogP contribution in [0.3, 0.4) is 0 Å². The molecular formula is C16H14Cl2N2O. The van der Waals surface area contributed by atoms with Gasteiger partial charge in [0.05, 0.1) is 5.02 Å². The van der Waals surface area contributed by atoms with Gasteiger partial charge in [-0.3, -0.25) is 4.79 Å². The molecule has 5 heteroatoms. The highest BCUT2D eigenvalue weighted by Gasteiger charge is 2.34. The van der Waals surface area contributed by atoms with Crippen LogP contribution in [0.2, 0.25) is 10.2 Å². The number of hydrogen-bond donors (Lipinski definition) is 0. The third-order valence-corrected chi connectivity index (χ3v) is 3.97. The lowest BCUT2D eigenvalue weighted by atomic mass is 10.2. The summed E-state index contributed by atoms with van der Waals surface area (Å²) in [6.07, 6.45) is 2.05. The van der Waals surface area contributed by atoms with Gasteiger partial charge >= 0.3 is 0 Å². The Hall–Kier alpha value is -1.58. The Kier molecular flexibility index (Phi) is 4.13. The van der Waals surface area contributed by atoms with Gasteiger partial charge in [-0.2, -0.15) is 0 Å². The molecule has 0 bridgehead atoms. The minimum Gasteiger partial charge on any atom is -0.330 e. The Morgan fingerprint density at radius 1 is 1.14 bits per heavy atom. The summed E-state index contributed by atoms with van der Waals surface area (Å²) in [7, 11) is 0. The highest BCUT2D eigenvalue weighted by Crippen LogP contribution is 2.31. The van der Waals surface area contributed by atoms with Crippen LogP contribution in [-0.2, 0) is 6.54 Å². The predicted molar refractivity (Wildman–Crippen MR) is 83.6 cm³/mol. The molecule has 1 saturated carbocycles. The first-order valence-electron chi connectivity index (χ1n) is 6.82. The molecule has 1 aliphatic rings. The van der Waals surface area contributed by atoms with Gasteiger partial charge in [0.25, 0.3) is 5.91 Å². The topological polar surface area (TPSA) is 33.2 Å². The molecular weight excluding hydrogens is 307 g/mol. The molecule has 0 unspecified atom stereocenters. The Labute approximate surface area is 133 Å². The summed E-state index contributed by atoms with van der Waals surface area (Å²) in [5.41, 5.74) is 1.32. The Bertz CT molecular complexity index is 657. The van der Waals surface area contributed by atoms with Crippen molar-refractivity contribution in [2.75, 3.05) is 0 Å². The highest BCUT2D eigenvalue weighted by atomic mass is 35.5. The van der Waals surface area contributed by atoms with E-state index in [1.165, 1.54) is 0 Å². The molecule has 1 amide bonds. The fourth-order valence-corrected chi connectivity index (χ4v) is 2.57. The maximum absolute atomic E-state index is 12.7. The van der Waals surface area contributed by atoms with Crippen molar-refractivity contribution in [2.45, 2.75) is 25.4 Å². The largest absolute Gasteiger partial charge is 0.330 e. The number of amides is 1. The van der Waals surface area contributed by atoms with E-state index in [0.717, 1.165) is 18.4 Å². The van der Waals surface area contributed by atoms with Crippen LogP contribution in [0.15, 0.2) is 42.5 Å². The van der Waals surface area contributed by atoms with Crippen molar-refractivity contribution in [1.82, 2.24) is 9.88 Å². The maximum atomic E-state index is 12.7. The Morgan fingerprint density at radius 3 is 2.52 bits per heavy atom. The van der Waals surface area contributed by atoms with Gasteiger partial charge in [0, 0.05) is 12.6 Å². The molecule has 1 fully saturated rings. The fraction of sp³-hybridized carbons (Fsp3) is 0.250. The summed E-state index contributed by atoms with van der Waals surface area (Å²) >= 11 is 12.0. The molecule has 1 aromatic carbocycles. The smallest absolute Gasteiger partial charge is 0.274 e. The van der Waals surface area contributed by atoms with Crippen LogP contribution in [-0.4, -0.2) is 21.8 Å². The quantitative estimate of drug-likeness (QED) is 0.791. The van der Waals surface area contributed by atoms with Crippen molar-refractivity contribution in [2.24, 2.45) is 0 Å². The molecule has 0 radical (unpaired) electrons. The number of rotatable bonds is 4. The molecule has 3 rings (SSSR count). The average molecular weight is 321 g/mol. The number of benzene rings is 1. The first kappa shape index (κ1) is 14.4. The number of hydrogen-bond acceptors (Lipinski definition) is 2. The summed E-state index contributed by atoms with van der Waals surface area (Å²) in [5.74, 6) is -0.158. The maximum Gasteiger partial charge on any atom is 0.274 e. The van der Waals surface area contributed by atoms with Gasteiger partial charge in [-0.15, -0.1) is 0 Å². The molecule has 21 heavy (non-hydrogen) atoms. The van der Waals surface area contributed by atoms with E-state index in [9.17, 15) is 4.79 Å². The van der Waals surface area contributed by atoms with E-state index in [1.807, 2.05) is 35.2 Å². The van der Waals surface area contributed by atoms with Crippen LogP contribution >= 0.6 is 23.2 Å². The number of pyridine rings is 1. The third kappa shape index (κ3) is 3.36. The second-order valence-electron chi connectivity index (χ2n) is 5.11. The monoisotopic (exact) mass is 320 g/mol. The summed E-state index contributed by atoms with van der Waals surface area (Å²) in [6.45, 7) is 0.564. The van der Waals surface area contributed by atoms with Crippen molar-refractivity contribution in [3.8, 4) is 0 Å². The lowest BCUT2D eigenvalue weighted by Gasteiger charge is -2.22.